The van der Waals surface area contributed by atoms with Gasteiger partial charge in [-0.3, -0.25) is 0 Å². The molecular formula is C16H22BrF2N. The third kappa shape index (κ3) is 3.59. The van der Waals surface area contributed by atoms with Crippen LogP contribution in [0.3, 0.4) is 0 Å². The maximum atomic E-state index is 14.1. The summed E-state index contributed by atoms with van der Waals surface area (Å²) in [5.41, 5.74) is 0.199. The molecule has 1 aromatic rings. The highest BCUT2D eigenvalue weighted by molar-refractivity contribution is 9.10. The second-order valence-corrected chi connectivity index (χ2v) is 6.72. The van der Waals surface area contributed by atoms with Crippen LogP contribution in [0.4, 0.5) is 8.78 Å². The SMILES string of the molecule is CCNC(Cc1c(F)ccc(Br)c1F)C1CCC(C)C1. The Morgan fingerprint density at radius 2 is 2.10 bits per heavy atom. The Morgan fingerprint density at radius 3 is 2.70 bits per heavy atom. The first kappa shape index (κ1) is 15.9. The van der Waals surface area contributed by atoms with Crippen LogP contribution in [0.15, 0.2) is 16.6 Å². The largest absolute Gasteiger partial charge is 0.314 e. The maximum absolute atomic E-state index is 14.1. The van der Waals surface area contributed by atoms with Crippen molar-refractivity contribution in [1.29, 1.82) is 0 Å². The molecule has 0 spiro atoms. The van der Waals surface area contributed by atoms with Gasteiger partial charge in [-0.2, -0.15) is 0 Å². The van der Waals surface area contributed by atoms with Gasteiger partial charge in [0, 0.05) is 11.6 Å². The Morgan fingerprint density at radius 1 is 1.35 bits per heavy atom. The van der Waals surface area contributed by atoms with E-state index in [1.54, 1.807) is 0 Å². The summed E-state index contributed by atoms with van der Waals surface area (Å²) in [6.07, 6.45) is 3.93. The van der Waals surface area contributed by atoms with Crippen molar-refractivity contribution in [1.82, 2.24) is 5.32 Å². The fourth-order valence-corrected chi connectivity index (χ4v) is 3.63. The number of nitrogens with one attached hydrogen (secondary N) is 1. The Balaban J connectivity index is 2.18. The number of halogens is 3. The highest BCUT2D eigenvalue weighted by Gasteiger charge is 2.29. The van der Waals surface area contributed by atoms with E-state index in [0.29, 0.717) is 16.8 Å². The summed E-state index contributed by atoms with van der Waals surface area (Å²) in [6.45, 7) is 5.12. The summed E-state index contributed by atoms with van der Waals surface area (Å²) in [5.74, 6) is 0.333. The number of hydrogen-bond donors (Lipinski definition) is 1. The van der Waals surface area contributed by atoms with Crippen LogP contribution in [-0.2, 0) is 6.42 Å². The Labute approximate surface area is 128 Å². The summed E-state index contributed by atoms with van der Waals surface area (Å²) in [7, 11) is 0. The highest BCUT2D eigenvalue weighted by atomic mass is 79.9. The summed E-state index contributed by atoms with van der Waals surface area (Å²) >= 11 is 3.14. The van der Waals surface area contributed by atoms with Crippen LogP contribution in [0.2, 0.25) is 0 Å². The van der Waals surface area contributed by atoms with Gasteiger partial charge >= 0.3 is 0 Å². The summed E-state index contributed by atoms with van der Waals surface area (Å²) < 4.78 is 28.4. The smallest absolute Gasteiger partial charge is 0.143 e. The van der Waals surface area contributed by atoms with E-state index >= 15 is 0 Å². The lowest BCUT2D eigenvalue weighted by Crippen LogP contribution is -2.37. The van der Waals surface area contributed by atoms with Gasteiger partial charge in [-0.15, -0.1) is 0 Å². The number of benzene rings is 1. The molecule has 0 radical (unpaired) electrons. The van der Waals surface area contributed by atoms with E-state index < -0.39 is 11.6 Å². The lowest BCUT2D eigenvalue weighted by molar-refractivity contribution is 0.346. The molecule has 4 heteroatoms. The highest BCUT2D eigenvalue weighted by Crippen LogP contribution is 2.34. The fourth-order valence-electron chi connectivity index (χ4n) is 3.26. The molecule has 2 rings (SSSR count). The third-order valence-corrected chi connectivity index (χ3v) is 4.95. The Bertz CT molecular complexity index is 464. The minimum absolute atomic E-state index is 0.156. The zero-order chi connectivity index (χ0) is 14.7. The molecule has 1 aromatic carbocycles. The van der Waals surface area contributed by atoms with Crippen LogP contribution < -0.4 is 5.32 Å². The molecule has 20 heavy (non-hydrogen) atoms. The van der Waals surface area contributed by atoms with Gasteiger partial charge in [0.15, 0.2) is 0 Å². The molecule has 0 saturated heterocycles. The molecule has 0 heterocycles. The van der Waals surface area contributed by atoms with E-state index in [2.05, 4.69) is 28.2 Å². The zero-order valence-electron chi connectivity index (χ0n) is 12.1. The van der Waals surface area contributed by atoms with Gasteiger partial charge in [0.1, 0.15) is 11.6 Å². The van der Waals surface area contributed by atoms with Crippen molar-refractivity contribution in [3.63, 3.8) is 0 Å². The fraction of sp³-hybridized carbons (Fsp3) is 0.625. The molecule has 1 N–H and O–H groups in total. The van der Waals surface area contributed by atoms with Crippen molar-refractivity contribution < 1.29 is 8.78 Å². The molecule has 0 aliphatic heterocycles. The minimum Gasteiger partial charge on any atom is -0.314 e. The molecule has 112 valence electrons. The zero-order valence-corrected chi connectivity index (χ0v) is 13.6. The first-order valence-electron chi connectivity index (χ1n) is 7.38. The lowest BCUT2D eigenvalue weighted by atomic mass is 9.91. The molecule has 0 aromatic heterocycles. The normalized spacial score (nSPS) is 24.1. The second-order valence-electron chi connectivity index (χ2n) is 5.87. The third-order valence-electron chi connectivity index (χ3n) is 4.33. The van der Waals surface area contributed by atoms with Gasteiger partial charge in [0.2, 0.25) is 0 Å². The molecule has 1 aliphatic carbocycles. The summed E-state index contributed by atoms with van der Waals surface area (Å²) in [5, 5.41) is 3.42. The van der Waals surface area contributed by atoms with Crippen LogP contribution in [-0.4, -0.2) is 12.6 Å². The van der Waals surface area contributed by atoms with E-state index in [1.807, 2.05) is 6.92 Å². The van der Waals surface area contributed by atoms with Crippen molar-refractivity contribution in [3.05, 3.63) is 33.8 Å². The van der Waals surface area contributed by atoms with Crippen molar-refractivity contribution in [2.75, 3.05) is 6.54 Å². The molecule has 3 atom stereocenters. The summed E-state index contributed by atoms with van der Waals surface area (Å²) in [6, 6.07) is 2.92. The molecule has 1 aliphatic rings. The van der Waals surface area contributed by atoms with Crippen LogP contribution in [0.5, 0.6) is 0 Å². The first-order chi connectivity index (χ1) is 9.52. The van der Waals surface area contributed by atoms with Crippen LogP contribution >= 0.6 is 15.9 Å². The number of hydrogen-bond acceptors (Lipinski definition) is 1. The van der Waals surface area contributed by atoms with Crippen molar-refractivity contribution in [2.45, 2.75) is 45.6 Å². The van der Waals surface area contributed by atoms with Crippen LogP contribution in [0.25, 0.3) is 0 Å². The topological polar surface area (TPSA) is 12.0 Å². The van der Waals surface area contributed by atoms with Crippen molar-refractivity contribution in [3.8, 4) is 0 Å². The first-order valence-corrected chi connectivity index (χ1v) is 8.18. The molecule has 0 amide bonds. The molecular weight excluding hydrogens is 324 g/mol. The Kier molecular flexibility index (Phi) is 5.56. The minimum atomic E-state index is -0.459. The molecule has 3 unspecified atom stereocenters. The maximum Gasteiger partial charge on any atom is 0.143 e. The van der Waals surface area contributed by atoms with E-state index in [0.717, 1.165) is 25.3 Å². The number of rotatable bonds is 5. The van der Waals surface area contributed by atoms with Gasteiger partial charge in [0.05, 0.1) is 4.47 Å². The summed E-state index contributed by atoms with van der Waals surface area (Å²) in [4.78, 5) is 0. The van der Waals surface area contributed by atoms with Crippen molar-refractivity contribution in [2.24, 2.45) is 11.8 Å². The van der Waals surface area contributed by atoms with Crippen molar-refractivity contribution >= 4 is 15.9 Å². The van der Waals surface area contributed by atoms with Crippen LogP contribution in [0.1, 0.15) is 38.7 Å². The van der Waals surface area contributed by atoms with Crippen LogP contribution in [0, 0.1) is 23.5 Å². The molecule has 1 saturated carbocycles. The van der Waals surface area contributed by atoms with Gasteiger partial charge in [-0.1, -0.05) is 20.3 Å². The standard InChI is InChI=1S/C16H22BrF2N/c1-3-20-15(11-5-4-10(2)8-11)9-12-14(18)7-6-13(17)16(12)19/h6-7,10-11,15,20H,3-5,8-9H2,1-2H3. The molecule has 0 bridgehead atoms. The molecule has 1 fully saturated rings. The van der Waals surface area contributed by atoms with Gasteiger partial charge < -0.3 is 5.32 Å². The van der Waals surface area contributed by atoms with E-state index in [1.165, 1.54) is 18.6 Å². The number of likely N-dealkylation sites (N-methyl/N-ethyl adjacent to an activating group) is 1. The van der Waals surface area contributed by atoms with E-state index in [4.69, 9.17) is 0 Å². The van der Waals surface area contributed by atoms with Gasteiger partial charge in [0.25, 0.3) is 0 Å². The van der Waals surface area contributed by atoms with E-state index in [9.17, 15) is 8.78 Å². The lowest BCUT2D eigenvalue weighted by Gasteiger charge is -2.25. The van der Waals surface area contributed by atoms with Gasteiger partial charge in [-0.05, 0) is 65.7 Å². The average molecular weight is 346 g/mol. The average Bonchev–Trinajstić information content (AvgIpc) is 2.84. The van der Waals surface area contributed by atoms with E-state index in [-0.39, 0.29) is 11.6 Å². The Hall–Kier alpha value is -0.480. The predicted molar refractivity (Wildman–Crippen MR) is 81.7 cm³/mol. The molecule has 1 nitrogen and oxygen atoms in total. The second kappa shape index (κ2) is 6.99. The van der Waals surface area contributed by atoms with Gasteiger partial charge in [-0.25, -0.2) is 8.78 Å². The predicted octanol–water partition coefficient (Wildman–Crippen LogP) is 4.68. The quantitative estimate of drug-likeness (QED) is 0.763. The monoisotopic (exact) mass is 345 g/mol.